The third kappa shape index (κ3) is 3.90. The van der Waals surface area contributed by atoms with Gasteiger partial charge in [-0.2, -0.15) is 0 Å². The first-order valence-corrected chi connectivity index (χ1v) is 12.2. The molecule has 2 aromatic heterocycles. The Bertz CT molecular complexity index is 891. The summed E-state index contributed by atoms with van der Waals surface area (Å²) in [5, 5.41) is 12.5. The summed E-state index contributed by atoms with van der Waals surface area (Å²) >= 11 is 0. The summed E-state index contributed by atoms with van der Waals surface area (Å²) < 4.78 is 28.7. The summed E-state index contributed by atoms with van der Waals surface area (Å²) in [7, 11) is 1.33. The summed E-state index contributed by atoms with van der Waals surface area (Å²) in [6, 6.07) is 2.33. The predicted molar refractivity (Wildman–Crippen MR) is 110 cm³/mol. The maximum absolute atomic E-state index is 15.5. The summed E-state index contributed by atoms with van der Waals surface area (Å²) in [5.41, 5.74) is 0.727. The van der Waals surface area contributed by atoms with Crippen LogP contribution in [-0.4, -0.2) is 71.6 Å². The molecule has 4 atom stereocenters. The van der Waals surface area contributed by atoms with Crippen molar-refractivity contribution in [2.75, 3.05) is 5.23 Å². The Morgan fingerprint density at radius 1 is 1.38 bits per heavy atom. The number of alkyl halides is 1. The molecular weight excluding hydrogens is 395 g/mol. The summed E-state index contributed by atoms with van der Waals surface area (Å²) in [6.07, 6.45) is -2.81. The van der Waals surface area contributed by atoms with Gasteiger partial charge >= 0.3 is 170 Å². The zero-order valence-electron chi connectivity index (χ0n) is 16.7. The molecule has 3 rings (SSSR count). The summed E-state index contributed by atoms with van der Waals surface area (Å²) in [5.74, 6) is -0.839. The number of anilines is 1. The van der Waals surface area contributed by atoms with Gasteiger partial charge in [-0.1, -0.05) is 0 Å². The van der Waals surface area contributed by atoms with E-state index in [1.165, 1.54) is 24.2 Å². The Labute approximate surface area is 170 Å². The summed E-state index contributed by atoms with van der Waals surface area (Å²) in [4.78, 5) is 24.3. The standard InChI is InChI=1S/C16H24B2FN5O4Si/c1-4-29(5-2,6-3)28-11-9(19)15(27-12(11)16(25)26)24-8-22-10-13(23-18-17)20-7-21-14(10)24/h7-9,11-12,15,17H,4-6H2,1-3H3,(H,25,26)(H,20,21,23)/t9-,11-,12-,15+/m0/s1. The first kappa shape index (κ1) is 21.7. The van der Waals surface area contributed by atoms with Crippen LogP contribution in [0.15, 0.2) is 12.7 Å². The van der Waals surface area contributed by atoms with Gasteiger partial charge in [0.1, 0.15) is 0 Å². The molecular formula is C16H24B2FN5O4Si. The molecule has 13 heteroatoms. The van der Waals surface area contributed by atoms with Crippen molar-refractivity contribution in [2.45, 2.75) is 63.5 Å². The van der Waals surface area contributed by atoms with Gasteiger partial charge in [0.15, 0.2) is 0 Å². The topological polar surface area (TPSA) is 111 Å². The van der Waals surface area contributed by atoms with Crippen LogP contribution >= 0.6 is 0 Å². The molecule has 1 aliphatic rings. The monoisotopic (exact) mass is 419 g/mol. The van der Waals surface area contributed by atoms with E-state index < -0.39 is 38.9 Å². The quantitative estimate of drug-likeness (QED) is 0.587. The minimum atomic E-state index is -2.25. The molecule has 0 amide bonds. The van der Waals surface area contributed by atoms with Gasteiger partial charge in [-0.3, -0.25) is 0 Å². The second-order valence-electron chi connectivity index (χ2n) is 6.95. The second-order valence-corrected chi connectivity index (χ2v) is 11.7. The fraction of sp³-hybridized carbons (Fsp3) is 0.625. The number of nitrogens with zero attached hydrogens (tertiary/aromatic N) is 4. The number of carboxylic acid groups (broad SMARTS) is 1. The number of aliphatic carboxylic acids is 1. The van der Waals surface area contributed by atoms with Crippen LogP contribution in [-0.2, 0) is 14.0 Å². The molecule has 154 valence electrons. The van der Waals surface area contributed by atoms with E-state index in [-0.39, 0.29) is 0 Å². The van der Waals surface area contributed by atoms with Crippen LogP contribution in [0.5, 0.6) is 0 Å². The van der Waals surface area contributed by atoms with E-state index in [1.807, 2.05) is 20.8 Å². The van der Waals surface area contributed by atoms with Gasteiger partial charge in [0.25, 0.3) is 0 Å². The third-order valence-electron chi connectivity index (χ3n) is 5.60. The number of ether oxygens (including phenoxy) is 1. The van der Waals surface area contributed by atoms with E-state index in [4.69, 9.17) is 9.16 Å². The molecule has 0 aliphatic carbocycles. The number of rotatable bonds is 9. The molecule has 1 aliphatic heterocycles. The average molecular weight is 419 g/mol. The Morgan fingerprint density at radius 3 is 2.66 bits per heavy atom. The van der Waals surface area contributed by atoms with Gasteiger partial charge in [-0.15, -0.1) is 0 Å². The fourth-order valence-corrected chi connectivity index (χ4v) is 6.54. The van der Waals surface area contributed by atoms with Crippen LogP contribution in [0.25, 0.3) is 11.2 Å². The van der Waals surface area contributed by atoms with Gasteiger partial charge in [0.05, 0.1) is 0 Å². The molecule has 0 saturated carbocycles. The van der Waals surface area contributed by atoms with E-state index in [2.05, 4.69) is 27.5 Å². The van der Waals surface area contributed by atoms with Gasteiger partial charge < -0.3 is 0 Å². The molecule has 29 heavy (non-hydrogen) atoms. The fourth-order valence-electron chi connectivity index (χ4n) is 3.71. The van der Waals surface area contributed by atoms with Crippen molar-refractivity contribution >= 4 is 45.6 Å². The van der Waals surface area contributed by atoms with Crippen LogP contribution in [0.2, 0.25) is 18.1 Å². The number of imidazole rings is 1. The van der Waals surface area contributed by atoms with Crippen molar-refractivity contribution < 1.29 is 23.5 Å². The number of hydrogen-bond donors (Lipinski definition) is 2. The van der Waals surface area contributed by atoms with E-state index in [1.54, 1.807) is 0 Å². The van der Waals surface area contributed by atoms with Crippen LogP contribution in [0.4, 0.5) is 10.2 Å². The molecule has 0 aromatic carbocycles. The second kappa shape index (κ2) is 8.80. The normalized spacial score (nSPS) is 24.5. The van der Waals surface area contributed by atoms with Crippen LogP contribution in [0.3, 0.4) is 0 Å². The Kier molecular flexibility index (Phi) is 6.59. The first-order chi connectivity index (χ1) is 13.9. The number of carboxylic acids is 1. The van der Waals surface area contributed by atoms with E-state index in [0.717, 1.165) is 18.1 Å². The van der Waals surface area contributed by atoms with Crippen molar-refractivity contribution in [1.29, 1.82) is 0 Å². The van der Waals surface area contributed by atoms with Gasteiger partial charge in [0, 0.05) is 0 Å². The van der Waals surface area contributed by atoms with Gasteiger partial charge in [-0.25, -0.2) is 0 Å². The molecule has 1 fully saturated rings. The SMILES string of the molecule is B=BNc1ncnc2c1ncn2[C@@H]1O[C@H](C(=O)O)[C@@H](O[Si](CC)(CC)CC)[C@@H]1F. The molecule has 0 unspecified atom stereocenters. The number of halogens is 1. The van der Waals surface area contributed by atoms with Crippen molar-refractivity contribution in [3.8, 4) is 0 Å². The molecule has 1 saturated heterocycles. The Morgan fingerprint density at radius 2 is 2.07 bits per heavy atom. The first-order valence-electron chi connectivity index (χ1n) is 9.66. The molecule has 9 nitrogen and oxygen atoms in total. The number of fused-ring (bicyclic) bond motifs is 1. The predicted octanol–water partition coefficient (Wildman–Crippen LogP) is 1.38. The maximum atomic E-state index is 15.5. The number of aromatic nitrogens is 4. The van der Waals surface area contributed by atoms with Crippen molar-refractivity contribution in [1.82, 2.24) is 19.5 Å². The zero-order chi connectivity index (χ0) is 21.2. The Balaban J connectivity index is 1.97. The van der Waals surface area contributed by atoms with E-state index >= 15 is 4.39 Å². The van der Waals surface area contributed by atoms with Crippen molar-refractivity contribution in [2.24, 2.45) is 0 Å². The van der Waals surface area contributed by atoms with Gasteiger partial charge in [-0.05, 0) is 0 Å². The Hall–Kier alpha value is -1.98. The van der Waals surface area contributed by atoms with E-state index in [9.17, 15) is 9.90 Å². The minimum absolute atomic E-state index is 0.326. The average Bonchev–Trinajstić information content (AvgIpc) is 3.28. The van der Waals surface area contributed by atoms with Gasteiger partial charge in [0.2, 0.25) is 0 Å². The molecule has 3 heterocycles. The molecule has 0 bridgehead atoms. The zero-order valence-corrected chi connectivity index (χ0v) is 17.7. The van der Waals surface area contributed by atoms with Crippen molar-refractivity contribution in [3.05, 3.63) is 12.7 Å². The summed E-state index contributed by atoms with van der Waals surface area (Å²) in [6.45, 7) is 7.46. The molecule has 0 spiro atoms. The molecule has 2 N–H and O–H groups in total. The molecule has 0 radical (unpaired) electrons. The van der Waals surface area contributed by atoms with Crippen molar-refractivity contribution in [3.63, 3.8) is 0 Å². The third-order valence-corrected chi connectivity index (χ3v) is 10.2. The number of nitrogens with one attached hydrogen (secondary N) is 1. The van der Waals surface area contributed by atoms with Crippen LogP contribution in [0, 0.1) is 0 Å². The number of carbonyl (C=O) groups is 1. The molecule has 2 aromatic rings. The van der Waals surface area contributed by atoms with Crippen LogP contribution < -0.4 is 5.23 Å². The number of hydrogen-bond acceptors (Lipinski definition) is 7. The van der Waals surface area contributed by atoms with E-state index in [0.29, 0.717) is 17.0 Å². The van der Waals surface area contributed by atoms with Crippen LogP contribution in [0.1, 0.15) is 27.0 Å².